The van der Waals surface area contributed by atoms with E-state index in [9.17, 15) is 4.79 Å². The molecule has 1 atom stereocenters. The highest BCUT2D eigenvalue weighted by Crippen LogP contribution is 2.18. The van der Waals surface area contributed by atoms with E-state index in [1.165, 1.54) is 22.3 Å². The first-order chi connectivity index (χ1) is 9.06. The summed E-state index contributed by atoms with van der Waals surface area (Å²) in [5.74, 6) is 0.290. The minimum absolute atomic E-state index is 0.187. The zero-order chi connectivity index (χ0) is 13.8. The molecule has 3 nitrogen and oxygen atoms in total. The van der Waals surface area contributed by atoms with Crippen LogP contribution in [-0.2, 0) is 16.0 Å². The van der Waals surface area contributed by atoms with Crippen molar-refractivity contribution in [3.05, 3.63) is 34.4 Å². The Morgan fingerprint density at radius 3 is 2.58 bits per heavy atom. The van der Waals surface area contributed by atoms with E-state index in [1.54, 1.807) is 0 Å². The van der Waals surface area contributed by atoms with Crippen LogP contribution in [0.5, 0.6) is 0 Å². The second-order valence-electron chi connectivity index (χ2n) is 5.52. The van der Waals surface area contributed by atoms with Crippen LogP contribution < -0.4 is 5.32 Å². The van der Waals surface area contributed by atoms with Gasteiger partial charge in [-0.05, 0) is 37.5 Å². The molecule has 1 N–H and O–H groups in total. The average molecular weight is 261 g/mol. The molecule has 0 radical (unpaired) electrons. The number of hydrogen-bond donors (Lipinski definition) is 1. The number of benzene rings is 1. The van der Waals surface area contributed by atoms with E-state index in [1.807, 2.05) is 0 Å². The summed E-state index contributed by atoms with van der Waals surface area (Å²) in [5.41, 5.74) is 4.89. The van der Waals surface area contributed by atoms with Crippen molar-refractivity contribution in [2.24, 2.45) is 0 Å². The Hall–Kier alpha value is -1.19. The number of ketones is 1. The van der Waals surface area contributed by atoms with Gasteiger partial charge in [0.1, 0.15) is 5.78 Å². The third-order valence-corrected chi connectivity index (χ3v) is 3.69. The molecule has 3 heteroatoms. The van der Waals surface area contributed by atoms with E-state index in [0.29, 0.717) is 19.4 Å². The van der Waals surface area contributed by atoms with E-state index in [-0.39, 0.29) is 11.8 Å². The quantitative estimate of drug-likeness (QED) is 0.902. The van der Waals surface area contributed by atoms with Gasteiger partial charge in [0.25, 0.3) is 0 Å². The number of aryl methyl sites for hydroxylation is 3. The number of carbonyl (C=O) groups excluding carboxylic acids is 1. The number of Topliss-reactive ketones (excluding diaryl/α,β-unsaturated/α-hetero) is 1. The second kappa shape index (κ2) is 6.31. The minimum atomic E-state index is 0.187. The van der Waals surface area contributed by atoms with Gasteiger partial charge in [-0.1, -0.05) is 17.7 Å². The number of carbonyl (C=O) groups is 1. The van der Waals surface area contributed by atoms with Gasteiger partial charge >= 0.3 is 0 Å². The zero-order valence-corrected chi connectivity index (χ0v) is 12.1. The first-order valence-electron chi connectivity index (χ1n) is 6.96. The first-order valence-corrected chi connectivity index (χ1v) is 6.96. The molecule has 104 valence electrons. The first kappa shape index (κ1) is 14.2. The summed E-state index contributed by atoms with van der Waals surface area (Å²) in [5, 5.41) is 3.33. The summed E-state index contributed by atoms with van der Waals surface area (Å²) in [6.45, 7) is 8.52. The van der Waals surface area contributed by atoms with E-state index in [0.717, 1.165) is 13.2 Å². The summed E-state index contributed by atoms with van der Waals surface area (Å²) in [4.78, 5) is 12.2. The van der Waals surface area contributed by atoms with Crippen LogP contribution in [0.2, 0.25) is 0 Å². The Balaban J connectivity index is 1.98. The molecular formula is C16H23NO2. The van der Waals surface area contributed by atoms with Gasteiger partial charge in [-0.3, -0.25) is 4.79 Å². The maximum Gasteiger partial charge on any atom is 0.138 e. The van der Waals surface area contributed by atoms with Crippen LogP contribution in [0, 0.1) is 20.8 Å². The van der Waals surface area contributed by atoms with Crippen LogP contribution in [-0.4, -0.2) is 31.6 Å². The van der Waals surface area contributed by atoms with Crippen LogP contribution >= 0.6 is 0 Å². The maximum atomic E-state index is 12.2. The number of ether oxygens (including phenoxy) is 1. The van der Waals surface area contributed by atoms with Gasteiger partial charge in [-0.15, -0.1) is 0 Å². The average Bonchev–Trinajstić information content (AvgIpc) is 2.35. The molecule has 1 saturated heterocycles. The third kappa shape index (κ3) is 3.88. The Morgan fingerprint density at radius 1 is 1.32 bits per heavy atom. The number of hydrogen-bond acceptors (Lipinski definition) is 3. The summed E-state index contributed by atoms with van der Waals surface area (Å²) < 4.78 is 5.38. The highest BCUT2D eigenvalue weighted by atomic mass is 16.5. The Kier molecular flexibility index (Phi) is 4.72. The van der Waals surface area contributed by atoms with Crippen LogP contribution in [0.1, 0.15) is 28.7 Å². The lowest BCUT2D eigenvalue weighted by atomic mass is 9.94. The number of morpholine rings is 1. The monoisotopic (exact) mass is 261 g/mol. The zero-order valence-electron chi connectivity index (χ0n) is 12.1. The van der Waals surface area contributed by atoms with Crippen LogP contribution in [0.25, 0.3) is 0 Å². The molecule has 19 heavy (non-hydrogen) atoms. The lowest BCUT2D eigenvalue weighted by Crippen LogP contribution is -2.42. The normalized spacial score (nSPS) is 19.4. The number of nitrogens with one attached hydrogen (secondary N) is 1. The van der Waals surface area contributed by atoms with Crippen LogP contribution in [0.15, 0.2) is 12.1 Å². The van der Waals surface area contributed by atoms with E-state index in [4.69, 9.17) is 4.74 Å². The smallest absolute Gasteiger partial charge is 0.138 e. The van der Waals surface area contributed by atoms with Crippen molar-refractivity contribution >= 4 is 5.78 Å². The van der Waals surface area contributed by atoms with Crippen molar-refractivity contribution in [1.29, 1.82) is 0 Å². The highest BCUT2D eigenvalue weighted by molar-refractivity contribution is 5.82. The van der Waals surface area contributed by atoms with Crippen molar-refractivity contribution in [2.75, 3.05) is 19.8 Å². The predicted octanol–water partition coefficient (Wildman–Crippen LogP) is 2.10. The molecule has 1 aliphatic rings. The summed E-state index contributed by atoms with van der Waals surface area (Å²) in [6, 6.07) is 4.49. The Bertz CT molecular complexity index is 439. The molecule has 0 bridgehead atoms. The largest absolute Gasteiger partial charge is 0.379 e. The van der Waals surface area contributed by atoms with Crippen molar-refractivity contribution in [3.8, 4) is 0 Å². The van der Waals surface area contributed by atoms with Crippen molar-refractivity contribution in [3.63, 3.8) is 0 Å². The standard InChI is InChI=1S/C16H23NO2/c1-11-6-12(2)16(13(3)7-11)9-15(18)8-14-10-19-5-4-17-14/h6-7,14,17H,4-5,8-10H2,1-3H3. The van der Waals surface area contributed by atoms with E-state index < -0.39 is 0 Å². The fourth-order valence-electron chi connectivity index (χ4n) is 2.78. The Morgan fingerprint density at radius 2 is 2.00 bits per heavy atom. The fraction of sp³-hybridized carbons (Fsp3) is 0.562. The van der Waals surface area contributed by atoms with Gasteiger partial charge in [0.15, 0.2) is 0 Å². The van der Waals surface area contributed by atoms with Gasteiger partial charge in [0.2, 0.25) is 0 Å². The van der Waals surface area contributed by atoms with Crippen molar-refractivity contribution in [2.45, 2.75) is 39.7 Å². The van der Waals surface area contributed by atoms with Gasteiger partial charge in [0, 0.05) is 25.4 Å². The molecule has 1 unspecified atom stereocenters. The highest BCUT2D eigenvalue weighted by Gasteiger charge is 2.18. The van der Waals surface area contributed by atoms with E-state index >= 15 is 0 Å². The fourth-order valence-corrected chi connectivity index (χ4v) is 2.78. The SMILES string of the molecule is Cc1cc(C)c(CC(=O)CC2COCCN2)c(C)c1. The van der Waals surface area contributed by atoms with Crippen molar-refractivity contribution in [1.82, 2.24) is 5.32 Å². The minimum Gasteiger partial charge on any atom is -0.379 e. The number of rotatable bonds is 4. The summed E-state index contributed by atoms with van der Waals surface area (Å²) in [7, 11) is 0. The molecule has 1 fully saturated rings. The molecule has 1 aromatic rings. The molecular weight excluding hydrogens is 238 g/mol. The molecule has 1 aromatic carbocycles. The lowest BCUT2D eigenvalue weighted by molar-refractivity contribution is -0.119. The molecule has 1 heterocycles. The maximum absolute atomic E-state index is 12.2. The van der Waals surface area contributed by atoms with Gasteiger partial charge < -0.3 is 10.1 Å². The molecule has 0 spiro atoms. The van der Waals surface area contributed by atoms with Crippen molar-refractivity contribution < 1.29 is 9.53 Å². The van der Waals surface area contributed by atoms with E-state index in [2.05, 4.69) is 38.2 Å². The molecule has 0 aliphatic carbocycles. The lowest BCUT2D eigenvalue weighted by Gasteiger charge is -2.23. The third-order valence-electron chi connectivity index (χ3n) is 3.69. The summed E-state index contributed by atoms with van der Waals surface area (Å²) >= 11 is 0. The second-order valence-corrected chi connectivity index (χ2v) is 5.52. The van der Waals surface area contributed by atoms with Crippen LogP contribution in [0.3, 0.4) is 0 Å². The van der Waals surface area contributed by atoms with Crippen LogP contribution in [0.4, 0.5) is 0 Å². The topological polar surface area (TPSA) is 38.3 Å². The Labute approximate surface area is 115 Å². The molecule has 0 saturated carbocycles. The van der Waals surface area contributed by atoms with Gasteiger partial charge in [-0.2, -0.15) is 0 Å². The molecule has 0 aromatic heterocycles. The molecule has 0 amide bonds. The molecule has 1 aliphatic heterocycles. The molecule has 2 rings (SSSR count). The summed E-state index contributed by atoms with van der Waals surface area (Å²) in [6.07, 6.45) is 1.10. The predicted molar refractivity (Wildman–Crippen MR) is 76.6 cm³/mol. The van der Waals surface area contributed by atoms with Gasteiger partial charge in [-0.25, -0.2) is 0 Å². The van der Waals surface area contributed by atoms with Gasteiger partial charge in [0.05, 0.1) is 13.2 Å².